The number of likely N-dealkylation sites (tertiary alicyclic amines) is 1. The predicted molar refractivity (Wildman–Crippen MR) is 62.0 cm³/mol. The Hall–Kier alpha value is -1.10. The number of hydrogen-bond donors (Lipinski definition) is 1. The van der Waals surface area contributed by atoms with Crippen molar-refractivity contribution >= 4 is 11.9 Å². The number of nitrogens with zero attached hydrogens (tertiary/aromatic N) is 1. The highest BCUT2D eigenvalue weighted by Crippen LogP contribution is 2.15. The van der Waals surface area contributed by atoms with Crippen LogP contribution in [0.15, 0.2) is 0 Å². The van der Waals surface area contributed by atoms with Crippen molar-refractivity contribution in [2.75, 3.05) is 13.6 Å². The smallest absolute Gasteiger partial charge is 0.237 e. The number of likely N-dealkylation sites (N-methyl/N-ethyl adjacent to an activating group) is 1. The molecule has 1 rings (SSSR count). The summed E-state index contributed by atoms with van der Waals surface area (Å²) in [6.45, 7) is 4.73. The third-order valence-electron chi connectivity index (χ3n) is 3.13. The zero-order valence-corrected chi connectivity index (χ0v) is 10.7. The van der Waals surface area contributed by atoms with E-state index in [2.05, 4.69) is 5.32 Å². The van der Waals surface area contributed by atoms with E-state index in [0.717, 1.165) is 19.4 Å². The zero-order chi connectivity index (χ0) is 13.0. The third kappa shape index (κ3) is 4.00. The molecule has 0 bridgehead atoms. The molecule has 5 nitrogen and oxygen atoms in total. The Kier molecular flexibility index (Phi) is 4.93. The topological polar surface area (TPSA) is 72.5 Å². The van der Waals surface area contributed by atoms with Gasteiger partial charge in [-0.05, 0) is 38.8 Å². The second-order valence-corrected chi connectivity index (χ2v) is 5.15. The van der Waals surface area contributed by atoms with Gasteiger partial charge in [0.2, 0.25) is 5.91 Å². The molecule has 1 N–H and O–H groups in total. The first-order chi connectivity index (χ1) is 7.91. The lowest BCUT2D eigenvalue weighted by molar-refractivity contribution is -0.308. The quantitative estimate of drug-likeness (QED) is 0.695. The second-order valence-electron chi connectivity index (χ2n) is 5.15. The van der Waals surface area contributed by atoms with Crippen LogP contribution in [-0.4, -0.2) is 42.5 Å². The van der Waals surface area contributed by atoms with E-state index in [0.29, 0.717) is 6.42 Å². The van der Waals surface area contributed by atoms with Crippen LogP contribution in [0.5, 0.6) is 0 Å². The van der Waals surface area contributed by atoms with Crippen LogP contribution in [0.25, 0.3) is 0 Å². The fourth-order valence-electron chi connectivity index (χ4n) is 2.19. The monoisotopic (exact) mass is 241 g/mol. The molecule has 17 heavy (non-hydrogen) atoms. The molecule has 1 aliphatic rings. The highest BCUT2D eigenvalue weighted by molar-refractivity contribution is 5.86. The molecule has 0 aliphatic carbocycles. The normalized spacial score (nSPS) is 22.7. The van der Waals surface area contributed by atoms with Gasteiger partial charge in [0.1, 0.15) is 0 Å². The summed E-state index contributed by atoms with van der Waals surface area (Å²) in [5.41, 5.74) is 0. The van der Waals surface area contributed by atoms with Crippen molar-refractivity contribution in [1.29, 1.82) is 0 Å². The highest BCUT2D eigenvalue weighted by atomic mass is 16.4. The lowest BCUT2D eigenvalue weighted by Gasteiger charge is -2.25. The fourth-order valence-corrected chi connectivity index (χ4v) is 2.19. The SMILES string of the molecule is CC(C)C[C@H](NC(=O)[C@@H]1CCCN1C)C(=O)[O-]. The number of nitrogens with one attached hydrogen (secondary N) is 1. The molecular formula is C12H21N2O3-. The van der Waals surface area contributed by atoms with E-state index < -0.39 is 12.0 Å². The van der Waals surface area contributed by atoms with E-state index in [4.69, 9.17) is 0 Å². The number of carboxylic acids is 1. The van der Waals surface area contributed by atoms with Crippen LogP contribution in [0.2, 0.25) is 0 Å². The van der Waals surface area contributed by atoms with E-state index in [1.54, 1.807) is 0 Å². The van der Waals surface area contributed by atoms with E-state index in [1.165, 1.54) is 0 Å². The maximum atomic E-state index is 11.9. The van der Waals surface area contributed by atoms with E-state index in [-0.39, 0.29) is 17.9 Å². The third-order valence-corrected chi connectivity index (χ3v) is 3.13. The van der Waals surface area contributed by atoms with Gasteiger partial charge in [-0.1, -0.05) is 13.8 Å². The molecule has 1 fully saturated rings. The minimum absolute atomic E-state index is 0.191. The first-order valence-electron chi connectivity index (χ1n) is 6.13. The molecule has 0 spiro atoms. The van der Waals surface area contributed by atoms with Gasteiger partial charge in [-0.2, -0.15) is 0 Å². The molecule has 0 unspecified atom stereocenters. The number of aliphatic carboxylic acids is 1. The number of amides is 1. The maximum absolute atomic E-state index is 11.9. The average molecular weight is 241 g/mol. The average Bonchev–Trinajstić information content (AvgIpc) is 2.62. The van der Waals surface area contributed by atoms with Crippen molar-refractivity contribution in [3.63, 3.8) is 0 Å². The molecule has 1 heterocycles. The number of carbonyl (C=O) groups is 2. The Morgan fingerprint density at radius 3 is 2.53 bits per heavy atom. The molecule has 5 heteroatoms. The van der Waals surface area contributed by atoms with Crippen molar-refractivity contribution in [3.05, 3.63) is 0 Å². The maximum Gasteiger partial charge on any atom is 0.237 e. The van der Waals surface area contributed by atoms with E-state index >= 15 is 0 Å². The lowest BCUT2D eigenvalue weighted by Crippen LogP contribution is -2.52. The highest BCUT2D eigenvalue weighted by Gasteiger charge is 2.29. The molecule has 98 valence electrons. The summed E-state index contributed by atoms with van der Waals surface area (Å²) in [6.07, 6.45) is 2.18. The van der Waals surface area contributed by atoms with Crippen LogP contribution in [0.1, 0.15) is 33.1 Å². The van der Waals surface area contributed by atoms with Crippen molar-refractivity contribution in [2.24, 2.45) is 5.92 Å². The first kappa shape index (κ1) is 14.0. The Bertz CT molecular complexity index is 291. The summed E-state index contributed by atoms with van der Waals surface area (Å²) in [5, 5.41) is 13.5. The second kappa shape index (κ2) is 6.00. The molecule has 0 aromatic carbocycles. The largest absolute Gasteiger partial charge is 0.548 e. The van der Waals surface area contributed by atoms with Crippen molar-refractivity contribution in [3.8, 4) is 0 Å². The summed E-state index contributed by atoms with van der Waals surface area (Å²) in [4.78, 5) is 24.8. The molecule has 1 amide bonds. The van der Waals surface area contributed by atoms with Gasteiger partial charge < -0.3 is 15.2 Å². The Labute approximate surface area is 102 Å². The molecule has 0 saturated carbocycles. The Morgan fingerprint density at radius 1 is 1.47 bits per heavy atom. The van der Waals surface area contributed by atoms with Crippen LogP contribution >= 0.6 is 0 Å². The first-order valence-corrected chi connectivity index (χ1v) is 6.13. The molecular weight excluding hydrogens is 220 g/mol. The lowest BCUT2D eigenvalue weighted by atomic mass is 10.0. The van der Waals surface area contributed by atoms with Gasteiger partial charge >= 0.3 is 0 Å². The van der Waals surface area contributed by atoms with Gasteiger partial charge in [0.25, 0.3) is 0 Å². The minimum Gasteiger partial charge on any atom is -0.548 e. The van der Waals surface area contributed by atoms with Gasteiger partial charge in [-0.15, -0.1) is 0 Å². The summed E-state index contributed by atoms with van der Waals surface area (Å²) in [5.74, 6) is -1.19. The fraction of sp³-hybridized carbons (Fsp3) is 0.833. The van der Waals surface area contributed by atoms with Crippen LogP contribution in [-0.2, 0) is 9.59 Å². The molecule has 0 aromatic rings. The van der Waals surface area contributed by atoms with Crippen LogP contribution < -0.4 is 10.4 Å². The van der Waals surface area contributed by atoms with Crippen LogP contribution in [0.3, 0.4) is 0 Å². The standard InChI is InChI=1S/C12H22N2O3/c1-8(2)7-9(12(16)17)13-11(15)10-5-4-6-14(10)3/h8-10H,4-7H2,1-3H3,(H,13,15)(H,16,17)/p-1/t9-,10-/m0/s1. The summed E-state index contributed by atoms with van der Waals surface area (Å²) < 4.78 is 0. The summed E-state index contributed by atoms with van der Waals surface area (Å²) in [7, 11) is 1.88. The van der Waals surface area contributed by atoms with Crippen LogP contribution in [0.4, 0.5) is 0 Å². The minimum atomic E-state index is -1.20. The number of rotatable bonds is 5. The Morgan fingerprint density at radius 2 is 2.12 bits per heavy atom. The number of carbonyl (C=O) groups excluding carboxylic acids is 2. The molecule has 2 atom stereocenters. The van der Waals surface area contributed by atoms with Gasteiger partial charge in [0.05, 0.1) is 18.1 Å². The van der Waals surface area contributed by atoms with E-state index in [9.17, 15) is 14.7 Å². The van der Waals surface area contributed by atoms with Crippen molar-refractivity contribution in [2.45, 2.75) is 45.2 Å². The van der Waals surface area contributed by atoms with Gasteiger partial charge in [-0.3, -0.25) is 9.69 Å². The number of hydrogen-bond acceptors (Lipinski definition) is 4. The molecule has 1 aliphatic heterocycles. The van der Waals surface area contributed by atoms with Gasteiger partial charge in [0, 0.05) is 0 Å². The summed E-state index contributed by atoms with van der Waals surface area (Å²) in [6, 6.07) is -1.07. The summed E-state index contributed by atoms with van der Waals surface area (Å²) >= 11 is 0. The molecule has 0 aromatic heterocycles. The van der Waals surface area contributed by atoms with Crippen molar-refractivity contribution in [1.82, 2.24) is 10.2 Å². The Balaban J connectivity index is 2.54. The zero-order valence-electron chi connectivity index (χ0n) is 10.7. The number of carboxylic acid groups (broad SMARTS) is 1. The molecule has 1 saturated heterocycles. The van der Waals surface area contributed by atoms with Crippen LogP contribution in [0, 0.1) is 5.92 Å². The van der Waals surface area contributed by atoms with Crippen molar-refractivity contribution < 1.29 is 14.7 Å². The predicted octanol–water partition coefficient (Wildman–Crippen LogP) is -0.639. The van der Waals surface area contributed by atoms with Gasteiger partial charge in [0.15, 0.2) is 0 Å². The molecule has 0 radical (unpaired) electrons. The van der Waals surface area contributed by atoms with E-state index in [1.807, 2.05) is 25.8 Å². The van der Waals surface area contributed by atoms with Gasteiger partial charge in [-0.25, -0.2) is 0 Å².